The molecule has 2 heterocycles. The number of carbonyl (C=O) groups is 3. The highest BCUT2D eigenvalue weighted by Crippen LogP contribution is 2.29. The Kier molecular flexibility index (Phi) is 6.36. The maximum atomic E-state index is 14.9. The molecule has 32 heavy (non-hydrogen) atoms. The lowest BCUT2D eigenvalue weighted by molar-refractivity contribution is -0.124. The van der Waals surface area contributed by atoms with Gasteiger partial charge in [-0.05, 0) is 29.3 Å². The number of ether oxygens (including phenoxy) is 1. The number of carbonyl (C=O) groups excluding carboxylic acids is 3. The van der Waals surface area contributed by atoms with Crippen molar-refractivity contribution in [2.75, 3.05) is 37.6 Å². The van der Waals surface area contributed by atoms with Gasteiger partial charge in [0.05, 0.1) is 25.3 Å². The van der Waals surface area contributed by atoms with Gasteiger partial charge < -0.3 is 15.4 Å². The van der Waals surface area contributed by atoms with Crippen molar-refractivity contribution in [2.45, 2.75) is 19.6 Å². The van der Waals surface area contributed by atoms with Gasteiger partial charge in [-0.3, -0.25) is 19.4 Å². The number of anilines is 1. The van der Waals surface area contributed by atoms with Crippen LogP contribution in [-0.4, -0.2) is 61.6 Å². The summed E-state index contributed by atoms with van der Waals surface area (Å²) in [5.74, 6) is -0.623. The monoisotopic (exact) mass is 440 g/mol. The molecule has 2 aromatic rings. The Morgan fingerprint density at radius 1 is 1.22 bits per heavy atom. The molecule has 2 saturated heterocycles. The third kappa shape index (κ3) is 5.05. The minimum Gasteiger partial charge on any atom is -0.442 e. The van der Waals surface area contributed by atoms with E-state index in [0.717, 1.165) is 17.7 Å². The Morgan fingerprint density at radius 2 is 2.00 bits per heavy atom. The van der Waals surface area contributed by atoms with E-state index in [4.69, 9.17) is 4.74 Å². The number of halogens is 1. The van der Waals surface area contributed by atoms with Gasteiger partial charge in [-0.1, -0.05) is 24.3 Å². The molecule has 1 atom stereocenters. The van der Waals surface area contributed by atoms with Crippen LogP contribution in [0, 0.1) is 5.82 Å². The van der Waals surface area contributed by atoms with Crippen LogP contribution in [0.2, 0.25) is 0 Å². The number of nitrogens with zero attached hydrogens (tertiary/aromatic N) is 2. The van der Waals surface area contributed by atoms with E-state index < -0.39 is 18.0 Å². The average Bonchev–Trinajstić information content (AvgIpc) is 3.13. The van der Waals surface area contributed by atoms with Crippen LogP contribution in [0.1, 0.15) is 12.5 Å². The van der Waals surface area contributed by atoms with Gasteiger partial charge >= 0.3 is 6.09 Å². The summed E-state index contributed by atoms with van der Waals surface area (Å²) in [4.78, 5) is 38.2. The van der Waals surface area contributed by atoms with Crippen molar-refractivity contribution < 1.29 is 23.5 Å². The van der Waals surface area contributed by atoms with E-state index in [-0.39, 0.29) is 24.9 Å². The molecule has 2 N–H and O–H groups in total. The summed E-state index contributed by atoms with van der Waals surface area (Å²) in [5, 5.41) is 5.42. The molecule has 0 unspecified atom stereocenters. The SMILES string of the molecule is CC(=O)NC[C@H]1CN(c2ccc(-c3ccc(CN4CCNC(=O)C4)cc3)c(F)c2)C(=O)O1. The lowest BCUT2D eigenvalue weighted by Gasteiger charge is -2.26. The maximum absolute atomic E-state index is 14.9. The standard InChI is InChI=1S/C23H25FN4O4/c1-15(29)26-11-19-13-28(23(31)32-19)18-6-7-20(21(24)10-18)17-4-2-16(3-5-17)12-27-9-8-25-22(30)14-27/h2-7,10,19H,8-9,11-14H2,1H3,(H,25,30)(H,26,29)/t19-/m0/s1. The molecular weight excluding hydrogens is 415 g/mol. The molecule has 8 nitrogen and oxygen atoms in total. The Balaban J connectivity index is 1.42. The number of hydrogen-bond donors (Lipinski definition) is 2. The molecule has 9 heteroatoms. The molecule has 4 rings (SSSR count). The largest absolute Gasteiger partial charge is 0.442 e. The van der Waals surface area contributed by atoms with Crippen LogP contribution >= 0.6 is 0 Å². The van der Waals surface area contributed by atoms with Crippen molar-refractivity contribution in [1.29, 1.82) is 0 Å². The zero-order valence-corrected chi connectivity index (χ0v) is 17.8. The van der Waals surface area contributed by atoms with E-state index in [1.54, 1.807) is 12.1 Å². The first-order chi connectivity index (χ1) is 15.4. The molecule has 0 bridgehead atoms. The number of nitrogens with one attached hydrogen (secondary N) is 2. The molecule has 0 saturated carbocycles. The first-order valence-electron chi connectivity index (χ1n) is 10.5. The Morgan fingerprint density at radius 3 is 2.69 bits per heavy atom. The topological polar surface area (TPSA) is 91.0 Å². The molecule has 2 aliphatic rings. The molecule has 3 amide bonds. The molecule has 0 spiro atoms. The van der Waals surface area contributed by atoms with Gasteiger partial charge in [-0.25, -0.2) is 9.18 Å². The molecule has 2 fully saturated rings. The molecule has 2 aliphatic heterocycles. The second-order valence-corrected chi connectivity index (χ2v) is 7.98. The number of benzene rings is 2. The van der Waals surface area contributed by atoms with Gasteiger partial charge in [0.25, 0.3) is 0 Å². The smallest absolute Gasteiger partial charge is 0.414 e. The Labute approximate surface area is 185 Å². The van der Waals surface area contributed by atoms with Crippen LogP contribution < -0.4 is 15.5 Å². The van der Waals surface area contributed by atoms with Gasteiger partial charge in [-0.2, -0.15) is 0 Å². The number of hydrogen-bond acceptors (Lipinski definition) is 5. The van der Waals surface area contributed by atoms with E-state index >= 15 is 0 Å². The van der Waals surface area contributed by atoms with Gasteiger partial charge in [0.2, 0.25) is 11.8 Å². The molecule has 0 aliphatic carbocycles. The predicted octanol–water partition coefficient (Wildman–Crippen LogP) is 1.89. The zero-order chi connectivity index (χ0) is 22.7. The number of cyclic esters (lactones) is 1. The summed E-state index contributed by atoms with van der Waals surface area (Å²) in [7, 11) is 0. The summed E-state index contributed by atoms with van der Waals surface area (Å²) >= 11 is 0. The highest BCUT2D eigenvalue weighted by molar-refractivity contribution is 5.90. The highest BCUT2D eigenvalue weighted by Gasteiger charge is 2.32. The highest BCUT2D eigenvalue weighted by atomic mass is 19.1. The van der Waals surface area contributed by atoms with E-state index in [1.807, 2.05) is 24.3 Å². The number of amides is 3. The summed E-state index contributed by atoms with van der Waals surface area (Å²) in [6.07, 6.45) is -1.05. The van der Waals surface area contributed by atoms with E-state index in [0.29, 0.717) is 30.9 Å². The fourth-order valence-electron chi connectivity index (χ4n) is 3.88. The van der Waals surface area contributed by atoms with Gasteiger partial charge in [0, 0.05) is 32.1 Å². The fourth-order valence-corrected chi connectivity index (χ4v) is 3.88. The third-order valence-corrected chi connectivity index (χ3v) is 5.51. The van der Waals surface area contributed by atoms with Crippen LogP contribution in [-0.2, 0) is 20.9 Å². The second kappa shape index (κ2) is 9.35. The van der Waals surface area contributed by atoms with E-state index in [2.05, 4.69) is 15.5 Å². The van der Waals surface area contributed by atoms with Crippen molar-refractivity contribution in [1.82, 2.24) is 15.5 Å². The molecule has 168 valence electrons. The van der Waals surface area contributed by atoms with Gasteiger partial charge in [0.15, 0.2) is 0 Å². The van der Waals surface area contributed by atoms with E-state index in [1.165, 1.54) is 17.9 Å². The quantitative estimate of drug-likeness (QED) is 0.716. The average molecular weight is 440 g/mol. The number of piperazine rings is 1. The summed E-state index contributed by atoms with van der Waals surface area (Å²) in [6, 6.07) is 12.2. The first-order valence-corrected chi connectivity index (χ1v) is 10.5. The minimum absolute atomic E-state index is 0.0263. The van der Waals surface area contributed by atoms with Crippen LogP contribution in [0.4, 0.5) is 14.9 Å². The predicted molar refractivity (Wildman–Crippen MR) is 116 cm³/mol. The van der Waals surface area contributed by atoms with Crippen molar-refractivity contribution >= 4 is 23.6 Å². The summed E-state index contributed by atoms with van der Waals surface area (Å²) in [6.45, 7) is 4.32. The van der Waals surface area contributed by atoms with Crippen molar-refractivity contribution in [3.63, 3.8) is 0 Å². The van der Waals surface area contributed by atoms with Crippen molar-refractivity contribution in [2.24, 2.45) is 0 Å². The Hall–Kier alpha value is -3.46. The maximum Gasteiger partial charge on any atom is 0.414 e. The summed E-state index contributed by atoms with van der Waals surface area (Å²) in [5.41, 5.74) is 2.61. The minimum atomic E-state index is -0.566. The zero-order valence-electron chi connectivity index (χ0n) is 17.8. The molecule has 2 aromatic carbocycles. The lowest BCUT2D eigenvalue weighted by Crippen LogP contribution is -2.47. The lowest BCUT2D eigenvalue weighted by atomic mass is 10.0. The molecule has 0 aromatic heterocycles. The fraction of sp³-hybridized carbons (Fsp3) is 0.348. The van der Waals surface area contributed by atoms with Crippen LogP contribution in [0.5, 0.6) is 0 Å². The second-order valence-electron chi connectivity index (χ2n) is 7.98. The van der Waals surface area contributed by atoms with Gasteiger partial charge in [0.1, 0.15) is 11.9 Å². The Bertz CT molecular complexity index is 1030. The van der Waals surface area contributed by atoms with Crippen LogP contribution in [0.15, 0.2) is 42.5 Å². The normalized spacial score (nSPS) is 18.9. The van der Waals surface area contributed by atoms with E-state index in [9.17, 15) is 18.8 Å². The van der Waals surface area contributed by atoms with Crippen molar-refractivity contribution in [3.8, 4) is 11.1 Å². The summed E-state index contributed by atoms with van der Waals surface area (Å²) < 4.78 is 20.1. The van der Waals surface area contributed by atoms with Crippen LogP contribution in [0.25, 0.3) is 11.1 Å². The van der Waals surface area contributed by atoms with Crippen molar-refractivity contribution in [3.05, 3.63) is 53.8 Å². The first kappa shape index (κ1) is 21.8. The number of rotatable bonds is 6. The molecular formula is C23H25FN4O4. The third-order valence-electron chi connectivity index (χ3n) is 5.51. The van der Waals surface area contributed by atoms with Gasteiger partial charge in [-0.15, -0.1) is 0 Å². The molecule has 0 radical (unpaired) electrons. The van der Waals surface area contributed by atoms with Crippen LogP contribution in [0.3, 0.4) is 0 Å².